The van der Waals surface area contributed by atoms with Gasteiger partial charge in [-0.3, -0.25) is 0 Å². The number of carbonyl (C=O) groups is 1. The Balaban J connectivity index is 1.97. The van der Waals surface area contributed by atoms with E-state index in [4.69, 9.17) is 9.72 Å². The SMILES string of the molecule is COC(=O)c1ccc2c(c1)nc(CC(C)(C)C)n2CC1CCN(C)CC1. The number of ether oxygens (including phenoxy) is 1. The van der Waals surface area contributed by atoms with Crippen LogP contribution in [0.1, 0.15) is 49.8 Å². The third-order valence-electron chi connectivity index (χ3n) is 5.22. The Hall–Kier alpha value is -1.88. The molecule has 0 radical (unpaired) electrons. The van der Waals surface area contributed by atoms with E-state index in [1.165, 1.54) is 33.0 Å². The maximum atomic E-state index is 11.9. The Labute approximate surface area is 156 Å². The van der Waals surface area contributed by atoms with Crippen LogP contribution in [0.5, 0.6) is 0 Å². The van der Waals surface area contributed by atoms with Crippen molar-refractivity contribution in [3.05, 3.63) is 29.6 Å². The number of rotatable bonds is 4. The highest BCUT2D eigenvalue weighted by Crippen LogP contribution is 2.28. The average Bonchev–Trinajstić information content (AvgIpc) is 2.90. The van der Waals surface area contributed by atoms with Crippen LogP contribution in [0.3, 0.4) is 0 Å². The minimum atomic E-state index is -0.311. The van der Waals surface area contributed by atoms with Crippen LogP contribution in [0, 0.1) is 11.3 Å². The van der Waals surface area contributed by atoms with E-state index >= 15 is 0 Å². The summed E-state index contributed by atoms with van der Waals surface area (Å²) in [5, 5.41) is 0. The lowest BCUT2D eigenvalue weighted by Gasteiger charge is -2.30. The Morgan fingerprint density at radius 1 is 1.27 bits per heavy atom. The molecule has 1 aromatic carbocycles. The largest absolute Gasteiger partial charge is 0.465 e. The molecule has 1 aliphatic heterocycles. The normalized spacial score (nSPS) is 17.0. The van der Waals surface area contributed by atoms with E-state index in [0.29, 0.717) is 11.5 Å². The summed E-state index contributed by atoms with van der Waals surface area (Å²) in [4.78, 5) is 19.2. The summed E-state index contributed by atoms with van der Waals surface area (Å²) in [5.74, 6) is 1.49. The molecule has 3 rings (SSSR count). The molecule has 1 aromatic heterocycles. The summed E-state index contributed by atoms with van der Waals surface area (Å²) in [6.07, 6.45) is 3.37. The molecule has 1 aliphatic rings. The number of hydrogen-bond donors (Lipinski definition) is 0. The van der Waals surface area contributed by atoms with Crippen LogP contribution in [0.2, 0.25) is 0 Å². The van der Waals surface area contributed by atoms with Gasteiger partial charge in [-0.25, -0.2) is 9.78 Å². The molecule has 0 saturated carbocycles. The summed E-state index contributed by atoms with van der Waals surface area (Å²) in [6.45, 7) is 10.1. The van der Waals surface area contributed by atoms with E-state index < -0.39 is 0 Å². The predicted molar refractivity (Wildman–Crippen MR) is 104 cm³/mol. The smallest absolute Gasteiger partial charge is 0.337 e. The van der Waals surface area contributed by atoms with E-state index in [2.05, 4.69) is 37.3 Å². The highest BCUT2D eigenvalue weighted by molar-refractivity contribution is 5.93. The first-order chi connectivity index (χ1) is 12.3. The molecule has 26 heavy (non-hydrogen) atoms. The number of benzene rings is 1. The van der Waals surface area contributed by atoms with Gasteiger partial charge in [0, 0.05) is 13.0 Å². The van der Waals surface area contributed by atoms with Gasteiger partial charge in [0.15, 0.2) is 0 Å². The third-order valence-corrected chi connectivity index (χ3v) is 5.22. The summed E-state index contributed by atoms with van der Waals surface area (Å²) < 4.78 is 7.24. The number of carbonyl (C=O) groups excluding carboxylic acids is 1. The minimum absolute atomic E-state index is 0.164. The summed E-state index contributed by atoms with van der Waals surface area (Å²) >= 11 is 0. The first-order valence-corrected chi connectivity index (χ1v) is 9.53. The first kappa shape index (κ1) is 18.9. The number of imidazole rings is 1. The fraction of sp³-hybridized carbons (Fsp3) is 0.619. The standard InChI is InChI=1S/C21H31N3O2/c1-21(2,3)13-19-22-17-12-16(20(25)26-5)6-7-18(17)24(19)14-15-8-10-23(4)11-9-15/h6-7,12,15H,8-11,13-14H2,1-5H3. The Morgan fingerprint density at radius 2 is 1.96 bits per heavy atom. The lowest BCUT2D eigenvalue weighted by atomic mass is 9.91. The zero-order valence-electron chi connectivity index (χ0n) is 16.7. The minimum Gasteiger partial charge on any atom is -0.465 e. The quantitative estimate of drug-likeness (QED) is 0.782. The monoisotopic (exact) mass is 357 g/mol. The molecule has 0 unspecified atom stereocenters. The second-order valence-corrected chi connectivity index (χ2v) is 8.82. The summed E-state index contributed by atoms with van der Waals surface area (Å²) in [5.41, 5.74) is 2.74. The Kier molecular flexibility index (Phi) is 5.37. The van der Waals surface area contributed by atoms with Crippen molar-refractivity contribution in [2.45, 2.75) is 46.6 Å². The first-order valence-electron chi connectivity index (χ1n) is 9.53. The number of fused-ring (bicyclic) bond motifs is 1. The molecule has 5 heteroatoms. The summed E-state index contributed by atoms with van der Waals surface area (Å²) in [6, 6.07) is 5.73. The molecule has 142 valence electrons. The number of methoxy groups -OCH3 is 1. The van der Waals surface area contributed by atoms with Gasteiger partial charge < -0.3 is 14.2 Å². The zero-order chi connectivity index (χ0) is 18.9. The van der Waals surface area contributed by atoms with Crippen LogP contribution in [-0.2, 0) is 17.7 Å². The van der Waals surface area contributed by atoms with E-state index in [9.17, 15) is 4.79 Å². The molecule has 0 atom stereocenters. The molecule has 1 fully saturated rings. The lowest BCUT2D eigenvalue weighted by molar-refractivity contribution is 0.0601. The van der Waals surface area contributed by atoms with Gasteiger partial charge in [-0.05, 0) is 62.5 Å². The van der Waals surface area contributed by atoms with Gasteiger partial charge in [-0.15, -0.1) is 0 Å². The van der Waals surface area contributed by atoms with Crippen molar-refractivity contribution in [3.63, 3.8) is 0 Å². The van der Waals surface area contributed by atoms with E-state index in [1.807, 2.05) is 18.2 Å². The van der Waals surface area contributed by atoms with Crippen molar-refractivity contribution in [1.29, 1.82) is 0 Å². The van der Waals surface area contributed by atoms with Crippen molar-refractivity contribution in [3.8, 4) is 0 Å². The number of esters is 1. The number of likely N-dealkylation sites (tertiary alicyclic amines) is 1. The van der Waals surface area contributed by atoms with Crippen molar-refractivity contribution < 1.29 is 9.53 Å². The molecular weight excluding hydrogens is 326 g/mol. The maximum absolute atomic E-state index is 11.9. The van der Waals surface area contributed by atoms with Crippen LogP contribution in [0.25, 0.3) is 11.0 Å². The van der Waals surface area contributed by atoms with E-state index in [1.54, 1.807) is 0 Å². The number of aromatic nitrogens is 2. The van der Waals surface area contributed by atoms with Gasteiger partial charge >= 0.3 is 5.97 Å². The topological polar surface area (TPSA) is 47.4 Å². The molecule has 0 N–H and O–H groups in total. The maximum Gasteiger partial charge on any atom is 0.337 e. The van der Waals surface area contributed by atoms with Crippen molar-refractivity contribution in [2.24, 2.45) is 11.3 Å². The predicted octanol–water partition coefficient (Wildman–Crippen LogP) is 3.75. The number of piperidine rings is 1. The van der Waals surface area contributed by atoms with Gasteiger partial charge in [0.2, 0.25) is 0 Å². The van der Waals surface area contributed by atoms with Crippen LogP contribution >= 0.6 is 0 Å². The van der Waals surface area contributed by atoms with Gasteiger partial charge in [0.1, 0.15) is 5.82 Å². The second-order valence-electron chi connectivity index (χ2n) is 8.82. The van der Waals surface area contributed by atoms with Crippen LogP contribution in [-0.4, -0.2) is 47.7 Å². The fourth-order valence-corrected chi connectivity index (χ4v) is 3.74. The highest BCUT2D eigenvalue weighted by atomic mass is 16.5. The molecule has 0 spiro atoms. The van der Waals surface area contributed by atoms with Gasteiger partial charge in [-0.2, -0.15) is 0 Å². The number of hydrogen-bond acceptors (Lipinski definition) is 4. The zero-order valence-corrected chi connectivity index (χ0v) is 16.7. The van der Waals surface area contributed by atoms with Crippen LogP contribution < -0.4 is 0 Å². The molecule has 0 amide bonds. The molecule has 0 bridgehead atoms. The molecule has 2 aromatic rings. The molecule has 2 heterocycles. The lowest BCUT2D eigenvalue weighted by Crippen LogP contribution is -2.32. The molecule has 0 aliphatic carbocycles. The van der Waals surface area contributed by atoms with Gasteiger partial charge in [-0.1, -0.05) is 20.8 Å². The van der Waals surface area contributed by atoms with Gasteiger partial charge in [0.05, 0.1) is 23.7 Å². The molecular formula is C21H31N3O2. The second kappa shape index (κ2) is 7.39. The third kappa shape index (κ3) is 4.26. The molecule has 5 nitrogen and oxygen atoms in total. The van der Waals surface area contributed by atoms with Crippen molar-refractivity contribution in [2.75, 3.05) is 27.2 Å². The van der Waals surface area contributed by atoms with Gasteiger partial charge in [0.25, 0.3) is 0 Å². The fourth-order valence-electron chi connectivity index (χ4n) is 3.74. The Bertz CT molecular complexity index is 780. The molecule has 1 saturated heterocycles. The van der Waals surface area contributed by atoms with Crippen molar-refractivity contribution in [1.82, 2.24) is 14.5 Å². The van der Waals surface area contributed by atoms with Crippen LogP contribution in [0.15, 0.2) is 18.2 Å². The highest BCUT2D eigenvalue weighted by Gasteiger charge is 2.23. The Morgan fingerprint density at radius 3 is 2.58 bits per heavy atom. The van der Waals surface area contributed by atoms with Crippen LogP contribution in [0.4, 0.5) is 0 Å². The summed E-state index contributed by atoms with van der Waals surface area (Å²) in [7, 11) is 3.61. The van der Waals surface area contributed by atoms with E-state index in [-0.39, 0.29) is 11.4 Å². The average molecular weight is 357 g/mol. The van der Waals surface area contributed by atoms with Crippen molar-refractivity contribution >= 4 is 17.0 Å². The number of nitrogens with zero attached hydrogens (tertiary/aromatic N) is 3. The van der Waals surface area contributed by atoms with E-state index in [0.717, 1.165) is 29.8 Å².